The molecule has 3 aromatic heterocycles. The molecule has 0 aliphatic heterocycles. The van der Waals surface area contributed by atoms with Crippen LogP contribution in [0, 0.1) is 0 Å². The Morgan fingerprint density at radius 1 is 0.938 bits per heavy atom. The second kappa shape index (κ2) is 8.10. The molecule has 0 amide bonds. The molecule has 0 atom stereocenters. The van der Waals surface area contributed by atoms with Crippen molar-refractivity contribution < 1.29 is 9.47 Å². The number of aromatic amines is 1. The van der Waals surface area contributed by atoms with Gasteiger partial charge in [-0.1, -0.05) is 6.07 Å². The number of hydrogen-bond acceptors (Lipinski definition) is 6. The highest BCUT2D eigenvalue weighted by molar-refractivity contribution is 5.82. The molecule has 0 radical (unpaired) electrons. The third kappa shape index (κ3) is 3.43. The molecule has 0 fully saturated rings. The van der Waals surface area contributed by atoms with E-state index in [0.29, 0.717) is 6.54 Å². The van der Waals surface area contributed by atoms with Crippen molar-refractivity contribution in [3.05, 3.63) is 73.6 Å². The van der Waals surface area contributed by atoms with Gasteiger partial charge in [-0.2, -0.15) is 0 Å². The zero-order chi connectivity index (χ0) is 22.1. The highest BCUT2D eigenvalue weighted by Crippen LogP contribution is 2.37. The second-order valence-corrected chi connectivity index (χ2v) is 7.35. The predicted octanol–water partition coefficient (Wildman–Crippen LogP) is 3.59. The van der Waals surface area contributed by atoms with Crippen LogP contribution < -0.4 is 14.4 Å². The summed E-state index contributed by atoms with van der Waals surface area (Å²) in [5.41, 5.74) is 4.62. The quantitative estimate of drug-likeness (QED) is 0.426. The van der Waals surface area contributed by atoms with Crippen molar-refractivity contribution in [2.45, 2.75) is 6.54 Å². The average molecular weight is 429 g/mol. The van der Waals surface area contributed by atoms with Crippen LogP contribution in [0.2, 0.25) is 0 Å². The number of nitrogens with one attached hydrogen (secondary N) is 1. The number of ether oxygens (including phenoxy) is 2. The fraction of sp³-hybridized carbons (Fsp3) is 0.174. The van der Waals surface area contributed by atoms with E-state index in [2.05, 4.69) is 32.0 Å². The van der Waals surface area contributed by atoms with Gasteiger partial charge in [-0.3, -0.25) is 0 Å². The fourth-order valence-electron chi connectivity index (χ4n) is 3.89. The number of fused-ring (bicyclic) bond motifs is 1. The van der Waals surface area contributed by atoms with Gasteiger partial charge in [0.2, 0.25) is 0 Å². The molecule has 1 N–H and O–H groups in total. The summed E-state index contributed by atoms with van der Waals surface area (Å²) in [5, 5.41) is 0. The summed E-state index contributed by atoms with van der Waals surface area (Å²) >= 11 is 0. The number of anilines is 1. The zero-order valence-electron chi connectivity index (χ0n) is 18.1. The van der Waals surface area contributed by atoms with Crippen molar-refractivity contribution >= 4 is 16.7 Å². The van der Waals surface area contributed by atoms with Crippen molar-refractivity contribution in [1.29, 1.82) is 0 Å². The number of methoxy groups -OCH3 is 2. The third-order valence-corrected chi connectivity index (χ3v) is 5.36. The third-order valence-electron chi connectivity index (χ3n) is 5.36. The van der Waals surface area contributed by atoms with Gasteiger partial charge in [0.15, 0.2) is 0 Å². The first-order chi connectivity index (χ1) is 15.7. The van der Waals surface area contributed by atoms with E-state index in [1.807, 2.05) is 46.8 Å². The Labute approximate surface area is 184 Å². The van der Waals surface area contributed by atoms with Gasteiger partial charge < -0.3 is 28.5 Å². The second-order valence-electron chi connectivity index (χ2n) is 7.35. The highest BCUT2D eigenvalue weighted by atomic mass is 16.5. The van der Waals surface area contributed by atoms with Crippen LogP contribution in [0.4, 0.5) is 5.69 Å². The van der Waals surface area contributed by atoms with Gasteiger partial charge in [0.05, 0.1) is 55.8 Å². The van der Waals surface area contributed by atoms with Gasteiger partial charge >= 0.3 is 0 Å². The zero-order valence-corrected chi connectivity index (χ0v) is 18.1. The Balaban J connectivity index is 1.55. The van der Waals surface area contributed by atoms with Gasteiger partial charge in [-0.05, 0) is 24.3 Å². The summed E-state index contributed by atoms with van der Waals surface area (Å²) in [4.78, 5) is 18.7. The molecular formula is C23H23N7O2. The first-order valence-corrected chi connectivity index (χ1v) is 10.1. The molecule has 0 saturated carbocycles. The molecule has 0 aliphatic carbocycles. The first kappa shape index (κ1) is 19.7. The predicted molar refractivity (Wildman–Crippen MR) is 122 cm³/mol. The largest absolute Gasteiger partial charge is 0.494 e. The maximum absolute atomic E-state index is 5.55. The molecule has 0 aliphatic rings. The monoisotopic (exact) mass is 429 g/mol. The number of aromatic nitrogens is 6. The van der Waals surface area contributed by atoms with Crippen LogP contribution in [0.5, 0.6) is 11.5 Å². The molecule has 5 aromatic rings. The normalized spacial score (nSPS) is 11.1. The van der Waals surface area contributed by atoms with Crippen LogP contribution in [0.15, 0.2) is 67.8 Å². The molecule has 0 unspecified atom stereocenters. The molecule has 0 spiro atoms. The lowest BCUT2D eigenvalue weighted by Crippen LogP contribution is -2.19. The topological polar surface area (TPSA) is 86.0 Å². The number of imidazole rings is 3. The van der Waals surface area contributed by atoms with Gasteiger partial charge in [-0.15, -0.1) is 0 Å². The average Bonchev–Trinajstić information content (AvgIpc) is 3.58. The maximum atomic E-state index is 5.55. The molecular weight excluding hydrogens is 406 g/mol. The SMILES string of the molecule is COc1cccc(OC)c1N(C)Cc1nc2cc(-n3ccnc3)c(-n3ccnc3)cc2[nH]1. The smallest absolute Gasteiger partial charge is 0.145 e. The Morgan fingerprint density at radius 2 is 1.56 bits per heavy atom. The first-order valence-electron chi connectivity index (χ1n) is 10.1. The number of H-pyrrole nitrogens is 1. The summed E-state index contributed by atoms with van der Waals surface area (Å²) in [7, 11) is 5.30. The lowest BCUT2D eigenvalue weighted by molar-refractivity contribution is 0.394. The van der Waals surface area contributed by atoms with Gasteiger partial charge in [0.25, 0.3) is 0 Å². The summed E-state index contributed by atoms with van der Waals surface area (Å²) in [6, 6.07) is 9.87. The van der Waals surface area contributed by atoms with Gasteiger partial charge in [-0.25, -0.2) is 15.0 Å². The van der Waals surface area contributed by atoms with Crippen molar-refractivity contribution in [2.75, 3.05) is 26.2 Å². The van der Waals surface area contributed by atoms with Crippen LogP contribution in [0.3, 0.4) is 0 Å². The lowest BCUT2D eigenvalue weighted by atomic mass is 10.2. The van der Waals surface area contributed by atoms with Crippen molar-refractivity contribution in [3.8, 4) is 22.9 Å². The van der Waals surface area contributed by atoms with E-state index in [9.17, 15) is 0 Å². The minimum atomic E-state index is 0.548. The van der Waals surface area contributed by atoms with Crippen LogP contribution in [-0.4, -0.2) is 50.3 Å². The molecule has 0 bridgehead atoms. The number of benzene rings is 2. The Kier molecular flexibility index (Phi) is 4.98. The standard InChI is InChI=1S/C23H23N7O2/c1-28(23-20(31-2)5-4-6-21(23)32-3)13-22-26-16-11-18(29-9-7-24-14-29)19(12-17(16)27-22)30-10-8-25-15-30/h4-12,14-15H,13H2,1-3H3,(H,26,27). The molecule has 3 heterocycles. The van der Waals surface area contributed by atoms with Crippen LogP contribution in [-0.2, 0) is 6.54 Å². The summed E-state index contributed by atoms with van der Waals surface area (Å²) in [6.45, 7) is 0.548. The number of para-hydroxylation sites is 1. The summed E-state index contributed by atoms with van der Waals surface area (Å²) in [6.07, 6.45) is 10.9. The van der Waals surface area contributed by atoms with Gasteiger partial charge in [0, 0.05) is 31.8 Å². The minimum absolute atomic E-state index is 0.548. The van der Waals surface area contributed by atoms with E-state index in [4.69, 9.17) is 14.5 Å². The fourth-order valence-corrected chi connectivity index (χ4v) is 3.89. The maximum Gasteiger partial charge on any atom is 0.145 e. The Bertz CT molecular complexity index is 1250. The molecule has 2 aromatic carbocycles. The number of nitrogens with zero attached hydrogens (tertiary/aromatic N) is 6. The van der Waals surface area contributed by atoms with Crippen molar-refractivity contribution in [2.24, 2.45) is 0 Å². The Morgan fingerprint density at radius 3 is 2.12 bits per heavy atom. The van der Waals surface area contributed by atoms with Gasteiger partial charge in [0.1, 0.15) is 23.0 Å². The molecule has 5 rings (SSSR count). The van der Waals surface area contributed by atoms with Crippen LogP contribution >= 0.6 is 0 Å². The lowest BCUT2D eigenvalue weighted by Gasteiger charge is -2.23. The van der Waals surface area contributed by atoms with E-state index in [1.165, 1.54) is 0 Å². The number of rotatable bonds is 7. The number of hydrogen-bond donors (Lipinski definition) is 1. The van der Waals surface area contributed by atoms with E-state index in [1.54, 1.807) is 39.3 Å². The molecule has 9 nitrogen and oxygen atoms in total. The highest BCUT2D eigenvalue weighted by Gasteiger charge is 2.17. The minimum Gasteiger partial charge on any atom is -0.494 e. The molecule has 162 valence electrons. The summed E-state index contributed by atoms with van der Waals surface area (Å²) in [5.74, 6) is 2.32. The van der Waals surface area contributed by atoms with Crippen LogP contribution in [0.1, 0.15) is 5.82 Å². The van der Waals surface area contributed by atoms with E-state index < -0.39 is 0 Å². The molecule has 9 heteroatoms. The van der Waals surface area contributed by atoms with Crippen molar-refractivity contribution in [1.82, 2.24) is 29.1 Å². The van der Waals surface area contributed by atoms with Crippen molar-refractivity contribution in [3.63, 3.8) is 0 Å². The van der Waals surface area contributed by atoms with Crippen LogP contribution in [0.25, 0.3) is 22.4 Å². The summed E-state index contributed by atoms with van der Waals surface area (Å²) < 4.78 is 15.0. The molecule has 32 heavy (non-hydrogen) atoms. The molecule has 0 saturated heterocycles. The van der Waals surface area contributed by atoms with E-state index >= 15 is 0 Å². The van der Waals surface area contributed by atoms with E-state index in [-0.39, 0.29) is 0 Å². The Hall–Kier alpha value is -4.27. The van der Waals surface area contributed by atoms with E-state index in [0.717, 1.165) is 45.4 Å².